The Hall–Kier alpha value is -0.710. The number of carbonyl (C=O) groups is 1. The zero-order valence-electron chi connectivity index (χ0n) is 8.96. The predicted molar refractivity (Wildman–Crippen MR) is 53.6 cm³/mol. The van der Waals surface area contributed by atoms with E-state index < -0.39 is 13.0 Å². The average Bonchev–Trinajstić information content (AvgIpc) is 2.15. The first-order valence-corrected chi connectivity index (χ1v) is 5.29. The number of nitrogens with zero attached hydrogens (tertiary/aromatic N) is 1. The molecular weight excluding hydrogens is 202 g/mol. The van der Waals surface area contributed by atoms with Gasteiger partial charge in [0.1, 0.15) is 0 Å². The monoisotopic (exact) mass is 220 g/mol. The second kappa shape index (κ2) is 5.39. The lowest BCUT2D eigenvalue weighted by molar-refractivity contribution is -0.137. The van der Waals surface area contributed by atoms with E-state index in [4.69, 9.17) is 5.73 Å². The molecule has 0 radical (unpaired) electrons. The molecule has 0 aromatic carbocycles. The summed E-state index contributed by atoms with van der Waals surface area (Å²) < 4.78 is 24.1. The Morgan fingerprint density at radius 2 is 2.20 bits per heavy atom. The number of alkyl halides is 2. The molecule has 2 unspecified atom stereocenters. The SMILES string of the molecule is CN(CC(F)F)C(=O)C1CCCC(N)C1. The first-order chi connectivity index (χ1) is 7.00. The van der Waals surface area contributed by atoms with E-state index >= 15 is 0 Å². The van der Waals surface area contributed by atoms with Gasteiger partial charge in [-0.2, -0.15) is 0 Å². The molecule has 1 rings (SSSR count). The van der Waals surface area contributed by atoms with Gasteiger partial charge in [-0.05, 0) is 19.3 Å². The number of nitrogens with two attached hydrogens (primary N) is 1. The summed E-state index contributed by atoms with van der Waals surface area (Å²) in [5.41, 5.74) is 5.75. The van der Waals surface area contributed by atoms with Crippen LogP contribution in [-0.2, 0) is 4.79 Å². The Morgan fingerprint density at radius 3 is 2.73 bits per heavy atom. The molecule has 88 valence electrons. The summed E-state index contributed by atoms with van der Waals surface area (Å²) in [6.45, 7) is -0.482. The smallest absolute Gasteiger partial charge is 0.255 e. The van der Waals surface area contributed by atoms with Crippen molar-refractivity contribution in [2.75, 3.05) is 13.6 Å². The fourth-order valence-corrected chi connectivity index (χ4v) is 2.06. The fourth-order valence-electron chi connectivity index (χ4n) is 2.06. The molecule has 1 saturated carbocycles. The van der Waals surface area contributed by atoms with Crippen molar-refractivity contribution < 1.29 is 13.6 Å². The van der Waals surface area contributed by atoms with E-state index in [-0.39, 0.29) is 17.9 Å². The predicted octanol–water partition coefficient (Wildman–Crippen LogP) is 1.23. The number of hydrogen-bond acceptors (Lipinski definition) is 2. The van der Waals surface area contributed by atoms with E-state index in [0.29, 0.717) is 6.42 Å². The lowest BCUT2D eigenvalue weighted by Crippen LogP contribution is -2.40. The van der Waals surface area contributed by atoms with E-state index in [1.54, 1.807) is 0 Å². The van der Waals surface area contributed by atoms with Gasteiger partial charge in [0.05, 0.1) is 6.54 Å². The molecular formula is C10H18F2N2O. The molecule has 0 bridgehead atoms. The minimum Gasteiger partial charge on any atom is -0.340 e. The number of amides is 1. The molecule has 2 N–H and O–H groups in total. The second-order valence-electron chi connectivity index (χ2n) is 4.23. The Bertz CT molecular complexity index is 223. The summed E-state index contributed by atoms with van der Waals surface area (Å²) in [4.78, 5) is 12.8. The molecule has 1 aliphatic carbocycles. The van der Waals surface area contributed by atoms with Gasteiger partial charge in [-0.3, -0.25) is 4.79 Å². The van der Waals surface area contributed by atoms with Gasteiger partial charge in [0.2, 0.25) is 5.91 Å². The van der Waals surface area contributed by atoms with Crippen LogP contribution in [0.1, 0.15) is 25.7 Å². The zero-order valence-corrected chi connectivity index (χ0v) is 8.96. The van der Waals surface area contributed by atoms with Crippen molar-refractivity contribution in [3.63, 3.8) is 0 Å². The lowest BCUT2D eigenvalue weighted by Gasteiger charge is -2.29. The zero-order chi connectivity index (χ0) is 11.4. The molecule has 0 saturated heterocycles. The summed E-state index contributed by atoms with van der Waals surface area (Å²) in [5.74, 6) is -0.344. The van der Waals surface area contributed by atoms with Crippen molar-refractivity contribution in [2.45, 2.75) is 38.2 Å². The summed E-state index contributed by atoms with van der Waals surface area (Å²) in [5, 5.41) is 0. The minimum atomic E-state index is -2.46. The number of carbonyl (C=O) groups excluding carboxylic acids is 1. The van der Waals surface area contributed by atoms with E-state index in [2.05, 4.69) is 0 Å². The first kappa shape index (κ1) is 12.4. The van der Waals surface area contributed by atoms with Crippen molar-refractivity contribution in [3.05, 3.63) is 0 Å². The molecule has 0 spiro atoms. The standard InChI is InChI=1S/C10H18F2N2O/c1-14(6-9(11)12)10(15)7-3-2-4-8(13)5-7/h7-9H,2-6,13H2,1H3. The highest BCUT2D eigenvalue weighted by Gasteiger charge is 2.28. The third-order valence-electron chi connectivity index (χ3n) is 2.85. The Balaban J connectivity index is 2.44. The molecule has 0 aliphatic heterocycles. The number of rotatable bonds is 3. The molecule has 0 aromatic rings. The van der Waals surface area contributed by atoms with Crippen LogP contribution in [0.2, 0.25) is 0 Å². The maximum Gasteiger partial charge on any atom is 0.255 e. The number of hydrogen-bond donors (Lipinski definition) is 1. The van der Waals surface area contributed by atoms with Gasteiger partial charge in [0.25, 0.3) is 6.43 Å². The molecule has 2 atom stereocenters. The first-order valence-electron chi connectivity index (χ1n) is 5.29. The van der Waals surface area contributed by atoms with E-state index in [0.717, 1.165) is 24.2 Å². The molecule has 15 heavy (non-hydrogen) atoms. The van der Waals surface area contributed by atoms with Gasteiger partial charge in [0.15, 0.2) is 0 Å². The van der Waals surface area contributed by atoms with Gasteiger partial charge in [-0.15, -0.1) is 0 Å². The van der Waals surface area contributed by atoms with Crippen molar-refractivity contribution in [1.29, 1.82) is 0 Å². The van der Waals surface area contributed by atoms with Gasteiger partial charge >= 0.3 is 0 Å². The van der Waals surface area contributed by atoms with Gasteiger partial charge in [0, 0.05) is 19.0 Å². The summed E-state index contributed by atoms with van der Waals surface area (Å²) in [6.07, 6.45) is 0.797. The van der Waals surface area contributed by atoms with Crippen LogP contribution >= 0.6 is 0 Å². The highest BCUT2D eigenvalue weighted by Crippen LogP contribution is 2.24. The van der Waals surface area contributed by atoms with Gasteiger partial charge < -0.3 is 10.6 Å². The molecule has 1 fully saturated rings. The Kier molecular flexibility index (Phi) is 4.45. The third kappa shape index (κ3) is 3.74. The van der Waals surface area contributed by atoms with Gasteiger partial charge in [-0.1, -0.05) is 6.42 Å². The molecule has 0 aromatic heterocycles. The molecule has 1 amide bonds. The van der Waals surface area contributed by atoms with Crippen molar-refractivity contribution in [2.24, 2.45) is 11.7 Å². The molecule has 3 nitrogen and oxygen atoms in total. The summed E-state index contributed by atoms with van der Waals surface area (Å²) in [6, 6.07) is 0.0487. The highest BCUT2D eigenvalue weighted by molar-refractivity contribution is 5.78. The Morgan fingerprint density at radius 1 is 1.53 bits per heavy atom. The minimum absolute atomic E-state index is 0.0487. The van der Waals surface area contributed by atoms with E-state index in [1.807, 2.05) is 0 Å². The lowest BCUT2D eigenvalue weighted by atomic mass is 9.85. The van der Waals surface area contributed by atoms with Crippen LogP contribution in [0.25, 0.3) is 0 Å². The largest absolute Gasteiger partial charge is 0.340 e. The highest BCUT2D eigenvalue weighted by atomic mass is 19.3. The van der Waals surface area contributed by atoms with Crippen molar-refractivity contribution in [3.8, 4) is 0 Å². The van der Waals surface area contributed by atoms with Crippen molar-refractivity contribution >= 4 is 5.91 Å². The molecule has 1 aliphatic rings. The van der Waals surface area contributed by atoms with Gasteiger partial charge in [-0.25, -0.2) is 8.78 Å². The van der Waals surface area contributed by atoms with Crippen LogP contribution in [0.4, 0.5) is 8.78 Å². The second-order valence-corrected chi connectivity index (χ2v) is 4.23. The third-order valence-corrected chi connectivity index (χ3v) is 2.85. The fraction of sp³-hybridized carbons (Fsp3) is 0.900. The topological polar surface area (TPSA) is 46.3 Å². The van der Waals surface area contributed by atoms with Crippen LogP contribution in [0.3, 0.4) is 0 Å². The van der Waals surface area contributed by atoms with E-state index in [1.165, 1.54) is 7.05 Å². The maximum absolute atomic E-state index is 12.1. The quantitative estimate of drug-likeness (QED) is 0.777. The van der Waals surface area contributed by atoms with Crippen LogP contribution in [0, 0.1) is 5.92 Å². The summed E-state index contributed by atoms with van der Waals surface area (Å²) in [7, 11) is 1.43. The summed E-state index contributed by atoms with van der Waals surface area (Å²) >= 11 is 0. The normalized spacial score (nSPS) is 26.7. The van der Waals surface area contributed by atoms with Crippen LogP contribution in [0.5, 0.6) is 0 Å². The molecule has 0 heterocycles. The van der Waals surface area contributed by atoms with E-state index in [9.17, 15) is 13.6 Å². The van der Waals surface area contributed by atoms with Crippen LogP contribution in [-0.4, -0.2) is 36.9 Å². The number of halogens is 2. The Labute approximate surface area is 88.6 Å². The maximum atomic E-state index is 12.1. The molecule has 5 heteroatoms. The van der Waals surface area contributed by atoms with Crippen LogP contribution < -0.4 is 5.73 Å². The average molecular weight is 220 g/mol. The van der Waals surface area contributed by atoms with Crippen LogP contribution in [0.15, 0.2) is 0 Å². The van der Waals surface area contributed by atoms with Crippen molar-refractivity contribution in [1.82, 2.24) is 4.90 Å².